The van der Waals surface area contributed by atoms with Gasteiger partial charge in [0.1, 0.15) is 0 Å². The second kappa shape index (κ2) is 10.3. The first-order valence-electron chi connectivity index (χ1n) is 9.78. The summed E-state index contributed by atoms with van der Waals surface area (Å²) in [7, 11) is 4.96. The minimum Gasteiger partial charge on any atom is -0.493 e. The Bertz CT molecular complexity index is 983. The zero-order valence-electron chi connectivity index (χ0n) is 17.7. The number of methoxy groups -OCH3 is 2. The lowest BCUT2D eigenvalue weighted by Crippen LogP contribution is -2.32. The highest BCUT2D eigenvalue weighted by Crippen LogP contribution is 2.29. The summed E-state index contributed by atoms with van der Waals surface area (Å²) in [5, 5.41) is 10.5. The van der Waals surface area contributed by atoms with Gasteiger partial charge in [0.05, 0.1) is 14.2 Å². The molecule has 0 aliphatic carbocycles. The predicted octanol–water partition coefficient (Wildman–Crippen LogP) is 3.55. The van der Waals surface area contributed by atoms with Crippen LogP contribution < -0.4 is 20.1 Å². The summed E-state index contributed by atoms with van der Waals surface area (Å²) in [4.78, 5) is 8.63. The number of aryl methyl sites for hydroxylation is 1. The minimum absolute atomic E-state index is 0.552. The van der Waals surface area contributed by atoms with E-state index in [4.69, 9.17) is 14.0 Å². The number of rotatable bonds is 8. The van der Waals surface area contributed by atoms with Gasteiger partial charge in [-0.1, -0.05) is 24.2 Å². The van der Waals surface area contributed by atoms with Crippen molar-refractivity contribution in [2.45, 2.75) is 19.8 Å². The second-order valence-electron chi connectivity index (χ2n) is 6.51. The van der Waals surface area contributed by atoms with Crippen LogP contribution in [-0.4, -0.2) is 43.9 Å². The zero-order valence-corrected chi connectivity index (χ0v) is 17.7. The summed E-state index contributed by atoms with van der Waals surface area (Å²) in [6, 6.07) is 13.8. The molecule has 1 aromatic heterocycles. The van der Waals surface area contributed by atoms with Gasteiger partial charge in [0.2, 0.25) is 0 Å². The van der Waals surface area contributed by atoms with E-state index in [9.17, 15) is 0 Å². The number of aliphatic imine (C=N–C) groups is 1. The molecule has 2 N–H and O–H groups in total. The smallest absolute Gasteiger partial charge is 0.257 e. The molecule has 0 bridgehead atoms. The third-order valence-corrected chi connectivity index (χ3v) is 4.56. The number of aromatic nitrogens is 2. The van der Waals surface area contributed by atoms with Crippen LogP contribution in [-0.2, 0) is 12.8 Å². The molecule has 158 valence electrons. The summed E-state index contributed by atoms with van der Waals surface area (Å²) in [5.41, 5.74) is 2.98. The first-order valence-corrected chi connectivity index (χ1v) is 9.78. The standard InChI is InChI=1S/C22H27N5O3/c1-5-20-26-21(30-27-20)16-8-6-15(7-9-16)12-13-24-22(23-2)25-17-10-11-18(28-3)19(14-17)29-4/h6-11,14H,5,12-13H2,1-4H3,(H2,23,24,25). The van der Waals surface area contributed by atoms with Crippen LogP contribution in [0.25, 0.3) is 11.5 Å². The van der Waals surface area contributed by atoms with E-state index in [1.54, 1.807) is 21.3 Å². The normalized spacial score (nSPS) is 11.3. The third kappa shape index (κ3) is 5.28. The van der Waals surface area contributed by atoms with Crippen LogP contribution >= 0.6 is 0 Å². The number of hydrogen-bond donors (Lipinski definition) is 2. The van der Waals surface area contributed by atoms with Crippen LogP contribution in [0.1, 0.15) is 18.3 Å². The molecule has 0 saturated carbocycles. The van der Waals surface area contributed by atoms with Crippen LogP contribution in [0.15, 0.2) is 52.0 Å². The Kier molecular flexibility index (Phi) is 7.26. The third-order valence-electron chi connectivity index (χ3n) is 4.56. The molecule has 0 aliphatic rings. The van der Waals surface area contributed by atoms with E-state index in [1.165, 1.54) is 5.56 Å². The highest BCUT2D eigenvalue weighted by Gasteiger charge is 2.08. The molecule has 0 fully saturated rings. The molecular formula is C22H27N5O3. The fourth-order valence-corrected chi connectivity index (χ4v) is 2.88. The van der Waals surface area contributed by atoms with Gasteiger partial charge in [-0.2, -0.15) is 4.98 Å². The van der Waals surface area contributed by atoms with E-state index in [2.05, 4.69) is 37.9 Å². The molecule has 3 rings (SSSR count). The van der Waals surface area contributed by atoms with E-state index in [-0.39, 0.29) is 0 Å². The van der Waals surface area contributed by atoms with Crippen molar-refractivity contribution in [2.24, 2.45) is 4.99 Å². The Labute approximate surface area is 176 Å². The topological polar surface area (TPSA) is 93.8 Å². The van der Waals surface area contributed by atoms with Gasteiger partial charge in [0.25, 0.3) is 5.89 Å². The van der Waals surface area contributed by atoms with E-state index in [0.717, 1.165) is 30.6 Å². The van der Waals surface area contributed by atoms with Crippen molar-refractivity contribution in [3.05, 3.63) is 53.9 Å². The highest BCUT2D eigenvalue weighted by atomic mass is 16.5. The Morgan fingerprint density at radius 1 is 1.07 bits per heavy atom. The molecule has 0 radical (unpaired) electrons. The fourth-order valence-electron chi connectivity index (χ4n) is 2.88. The molecular weight excluding hydrogens is 382 g/mol. The molecule has 0 spiro atoms. The first kappa shape index (κ1) is 21.2. The summed E-state index contributed by atoms with van der Waals surface area (Å²) in [5.74, 6) is 3.28. The molecule has 0 atom stereocenters. The molecule has 30 heavy (non-hydrogen) atoms. The number of benzene rings is 2. The largest absolute Gasteiger partial charge is 0.493 e. The van der Waals surface area contributed by atoms with Crippen LogP contribution in [0.5, 0.6) is 11.5 Å². The van der Waals surface area contributed by atoms with Gasteiger partial charge in [0, 0.05) is 37.3 Å². The molecule has 3 aromatic rings. The van der Waals surface area contributed by atoms with E-state index in [1.807, 2.05) is 37.3 Å². The van der Waals surface area contributed by atoms with Gasteiger partial charge < -0.3 is 24.6 Å². The second-order valence-corrected chi connectivity index (χ2v) is 6.51. The van der Waals surface area contributed by atoms with E-state index < -0.39 is 0 Å². The van der Waals surface area contributed by atoms with Gasteiger partial charge in [-0.25, -0.2) is 0 Å². The minimum atomic E-state index is 0.552. The maximum atomic E-state index is 5.34. The molecule has 0 unspecified atom stereocenters. The van der Waals surface area contributed by atoms with Crippen molar-refractivity contribution >= 4 is 11.6 Å². The van der Waals surface area contributed by atoms with Gasteiger partial charge in [0.15, 0.2) is 23.3 Å². The molecule has 0 aliphatic heterocycles. The van der Waals surface area contributed by atoms with Gasteiger partial charge in [-0.15, -0.1) is 0 Å². The van der Waals surface area contributed by atoms with Crippen LogP contribution in [0.2, 0.25) is 0 Å². The maximum absolute atomic E-state index is 5.34. The van der Waals surface area contributed by atoms with Crippen LogP contribution in [0.4, 0.5) is 5.69 Å². The molecule has 0 saturated heterocycles. The lowest BCUT2D eigenvalue weighted by molar-refractivity contribution is 0.355. The number of nitrogens with one attached hydrogen (secondary N) is 2. The zero-order chi connectivity index (χ0) is 21.3. The lowest BCUT2D eigenvalue weighted by Gasteiger charge is -2.14. The average molecular weight is 409 g/mol. The Morgan fingerprint density at radius 2 is 1.83 bits per heavy atom. The predicted molar refractivity (Wildman–Crippen MR) is 117 cm³/mol. The van der Waals surface area contributed by atoms with Crippen molar-refractivity contribution in [1.82, 2.24) is 15.5 Å². The summed E-state index contributed by atoms with van der Waals surface area (Å²) in [6.07, 6.45) is 1.60. The number of anilines is 1. The summed E-state index contributed by atoms with van der Waals surface area (Å²) < 4.78 is 15.9. The molecule has 0 amide bonds. The first-order chi connectivity index (χ1) is 14.7. The van der Waals surface area contributed by atoms with Crippen LogP contribution in [0, 0.1) is 0 Å². The SMILES string of the molecule is CCc1noc(-c2ccc(CCNC(=NC)Nc3ccc(OC)c(OC)c3)cc2)n1. The van der Waals surface area contributed by atoms with Crippen molar-refractivity contribution in [1.29, 1.82) is 0 Å². The average Bonchev–Trinajstić information content (AvgIpc) is 3.28. The van der Waals surface area contributed by atoms with Crippen LogP contribution in [0.3, 0.4) is 0 Å². The molecule has 2 aromatic carbocycles. The lowest BCUT2D eigenvalue weighted by atomic mass is 10.1. The van der Waals surface area contributed by atoms with E-state index >= 15 is 0 Å². The highest BCUT2D eigenvalue weighted by molar-refractivity contribution is 5.93. The number of ether oxygens (including phenoxy) is 2. The summed E-state index contributed by atoms with van der Waals surface area (Å²) in [6.45, 7) is 2.73. The number of nitrogens with zero attached hydrogens (tertiary/aromatic N) is 3. The fraction of sp³-hybridized carbons (Fsp3) is 0.318. The molecule has 8 nitrogen and oxygen atoms in total. The molecule has 8 heteroatoms. The summed E-state index contributed by atoms with van der Waals surface area (Å²) >= 11 is 0. The quantitative estimate of drug-likeness (QED) is 0.434. The van der Waals surface area contributed by atoms with Crippen molar-refractivity contribution in [3.63, 3.8) is 0 Å². The van der Waals surface area contributed by atoms with Crippen molar-refractivity contribution in [2.75, 3.05) is 33.1 Å². The van der Waals surface area contributed by atoms with Crippen molar-refractivity contribution in [3.8, 4) is 23.0 Å². The Hall–Kier alpha value is -3.55. The number of guanidine groups is 1. The van der Waals surface area contributed by atoms with E-state index in [0.29, 0.717) is 29.2 Å². The Balaban J connectivity index is 1.53. The van der Waals surface area contributed by atoms with Gasteiger partial charge in [-0.05, 0) is 36.2 Å². The maximum Gasteiger partial charge on any atom is 0.257 e. The monoisotopic (exact) mass is 409 g/mol. The molecule has 1 heterocycles. The van der Waals surface area contributed by atoms with Gasteiger partial charge >= 0.3 is 0 Å². The Morgan fingerprint density at radius 3 is 2.47 bits per heavy atom. The van der Waals surface area contributed by atoms with Crippen molar-refractivity contribution < 1.29 is 14.0 Å². The number of hydrogen-bond acceptors (Lipinski definition) is 6. The van der Waals surface area contributed by atoms with Gasteiger partial charge in [-0.3, -0.25) is 4.99 Å².